The number of nitrogens with one attached hydrogen (secondary N) is 1. The first-order valence-corrected chi connectivity index (χ1v) is 6.28. The molecule has 1 aliphatic heterocycles. The number of nitrogen functional groups attached to an aromatic ring is 1. The second kappa shape index (κ2) is 5.94. The maximum Gasteiger partial charge on any atom is 0.274 e. The number of hydrogen-bond donors (Lipinski definition) is 2. The van der Waals surface area contributed by atoms with Gasteiger partial charge < -0.3 is 15.1 Å². The van der Waals surface area contributed by atoms with E-state index in [1.54, 1.807) is 24.1 Å². The number of ether oxygens (including phenoxy) is 1. The predicted octanol–water partition coefficient (Wildman–Crippen LogP) is 0.259. The number of nitrogens with two attached hydrogens (primary N) is 1. The van der Waals surface area contributed by atoms with Gasteiger partial charge >= 0.3 is 0 Å². The van der Waals surface area contributed by atoms with Gasteiger partial charge in [-0.3, -0.25) is 4.79 Å². The van der Waals surface area contributed by atoms with Gasteiger partial charge in [0.2, 0.25) is 0 Å². The zero-order valence-electron chi connectivity index (χ0n) is 11.2. The van der Waals surface area contributed by atoms with E-state index in [9.17, 15) is 4.79 Å². The van der Waals surface area contributed by atoms with Crippen molar-refractivity contribution >= 4 is 11.7 Å². The SMILES string of the molecule is COC1CN(C(=O)c2ccc(NN)nn2)CCC1C. The summed E-state index contributed by atoms with van der Waals surface area (Å²) < 4.78 is 5.40. The molecule has 0 spiro atoms. The van der Waals surface area contributed by atoms with Gasteiger partial charge in [0.25, 0.3) is 5.91 Å². The second-order valence-electron chi connectivity index (χ2n) is 4.74. The molecule has 1 fully saturated rings. The molecule has 0 saturated carbocycles. The van der Waals surface area contributed by atoms with Crippen molar-refractivity contribution in [3.63, 3.8) is 0 Å². The Morgan fingerprint density at radius 1 is 1.53 bits per heavy atom. The standard InChI is InChI=1S/C12H19N5O2/c1-8-5-6-17(7-10(8)19-2)12(18)9-3-4-11(14-13)16-15-9/h3-4,8,10H,5-7,13H2,1-2H3,(H,14,16). The van der Waals surface area contributed by atoms with Crippen molar-refractivity contribution in [1.82, 2.24) is 15.1 Å². The Kier molecular flexibility index (Phi) is 4.28. The molecule has 0 aliphatic carbocycles. The summed E-state index contributed by atoms with van der Waals surface area (Å²) in [5, 5.41) is 7.67. The van der Waals surface area contributed by atoms with Gasteiger partial charge in [-0.25, -0.2) is 5.84 Å². The molecular weight excluding hydrogens is 246 g/mol. The minimum Gasteiger partial charge on any atom is -0.379 e. The average molecular weight is 265 g/mol. The number of nitrogens with zero attached hydrogens (tertiary/aromatic N) is 3. The van der Waals surface area contributed by atoms with Crippen molar-refractivity contribution in [3.05, 3.63) is 17.8 Å². The number of methoxy groups -OCH3 is 1. The van der Waals surface area contributed by atoms with Crippen molar-refractivity contribution in [2.75, 3.05) is 25.6 Å². The summed E-state index contributed by atoms with van der Waals surface area (Å²) in [5.41, 5.74) is 2.70. The van der Waals surface area contributed by atoms with Crippen LogP contribution in [-0.2, 0) is 4.74 Å². The summed E-state index contributed by atoms with van der Waals surface area (Å²) in [6.45, 7) is 3.45. The van der Waals surface area contributed by atoms with Gasteiger partial charge in [-0.05, 0) is 24.5 Å². The summed E-state index contributed by atoms with van der Waals surface area (Å²) >= 11 is 0. The van der Waals surface area contributed by atoms with Crippen LogP contribution in [0.1, 0.15) is 23.8 Å². The molecule has 2 heterocycles. The number of aromatic nitrogens is 2. The lowest BCUT2D eigenvalue weighted by Crippen LogP contribution is -2.46. The number of piperidine rings is 1. The molecule has 2 rings (SSSR count). The Balaban J connectivity index is 2.06. The van der Waals surface area contributed by atoms with Crippen LogP contribution in [0.5, 0.6) is 0 Å². The highest BCUT2D eigenvalue weighted by Gasteiger charge is 2.29. The molecule has 2 atom stereocenters. The Morgan fingerprint density at radius 3 is 2.89 bits per heavy atom. The van der Waals surface area contributed by atoms with Gasteiger partial charge in [-0.1, -0.05) is 6.92 Å². The van der Waals surface area contributed by atoms with Crippen molar-refractivity contribution in [2.24, 2.45) is 11.8 Å². The third kappa shape index (κ3) is 2.99. The zero-order valence-corrected chi connectivity index (χ0v) is 11.2. The highest BCUT2D eigenvalue weighted by atomic mass is 16.5. The lowest BCUT2D eigenvalue weighted by Gasteiger charge is -2.35. The van der Waals surface area contributed by atoms with Crippen molar-refractivity contribution in [2.45, 2.75) is 19.4 Å². The minimum absolute atomic E-state index is 0.0793. The third-order valence-corrected chi connectivity index (χ3v) is 3.51. The Hall–Kier alpha value is -1.73. The van der Waals surface area contributed by atoms with Gasteiger partial charge in [0.1, 0.15) is 0 Å². The zero-order chi connectivity index (χ0) is 13.8. The van der Waals surface area contributed by atoms with Crippen LogP contribution >= 0.6 is 0 Å². The number of amides is 1. The molecule has 0 bridgehead atoms. The molecule has 1 aromatic heterocycles. The number of likely N-dealkylation sites (tertiary alicyclic amines) is 1. The maximum absolute atomic E-state index is 12.3. The van der Waals surface area contributed by atoms with E-state index in [0.717, 1.165) is 13.0 Å². The van der Waals surface area contributed by atoms with E-state index in [4.69, 9.17) is 10.6 Å². The Bertz CT molecular complexity index is 436. The average Bonchev–Trinajstić information content (AvgIpc) is 2.47. The number of anilines is 1. The fourth-order valence-electron chi connectivity index (χ4n) is 2.21. The van der Waals surface area contributed by atoms with E-state index in [2.05, 4.69) is 22.5 Å². The lowest BCUT2D eigenvalue weighted by molar-refractivity contribution is -0.00181. The van der Waals surface area contributed by atoms with Crippen molar-refractivity contribution in [1.29, 1.82) is 0 Å². The molecule has 7 heteroatoms. The van der Waals surface area contributed by atoms with Crippen LogP contribution in [0.2, 0.25) is 0 Å². The summed E-state index contributed by atoms with van der Waals surface area (Å²) in [4.78, 5) is 14.0. The van der Waals surface area contributed by atoms with Crippen LogP contribution in [0.3, 0.4) is 0 Å². The number of hydrogen-bond acceptors (Lipinski definition) is 6. The minimum atomic E-state index is -0.120. The van der Waals surface area contributed by atoms with E-state index >= 15 is 0 Å². The molecule has 104 valence electrons. The Labute approximate surface area is 112 Å². The molecule has 2 unspecified atom stereocenters. The third-order valence-electron chi connectivity index (χ3n) is 3.51. The van der Waals surface area contributed by atoms with Crippen LogP contribution in [0.4, 0.5) is 5.82 Å². The first-order valence-electron chi connectivity index (χ1n) is 6.28. The fraction of sp³-hybridized carbons (Fsp3) is 0.583. The second-order valence-corrected chi connectivity index (χ2v) is 4.74. The van der Waals surface area contributed by atoms with Gasteiger partial charge in [0.05, 0.1) is 6.10 Å². The normalized spacial score (nSPS) is 23.2. The monoisotopic (exact) mass is 265 g/mol. The Morgan fingerprint density at radius 2 is 2.32 bits per heavy atom. The molecule has 1 amide bonds. The van der Waals surface area contributed by atoms with E-state index < -0.39 is 0 Å². The van der Waals surface area contributed by atoms with Crippen LogP contribution in [0.25, 0.3) is 0 Å². The van der Waals surface area contributed by atoms with Crippen LogP contribution in [-0.4, -0.2) is 47.3 Å². The van der Waals surface area contributed by atoms with Crippen LogP contribution < -0.4 is 11.3 Å². The summed E-state index contributed by atoms with van der Waals surface area (Å²) in [6.07, 6.45) is 1.01. The highest BCUT2D eigenvalue weighted by molar-refractivity contribution is 5.92. The number of hydrazine groups is 1. The lowest BCUT2D eigenvalue weighted by atomic mass is 9.95. The first-order chi connectivity index (χ1) is 9.15. The van der Waals surface area contributed by atoms with Gasteiger partial charge in [-0.2, -0.15) is 0 Å². The van der Waals surface area contributed by atoms with E-state index in [1.165, 1.54) is 0 Å². The molecule has 0 radical (unpaired) electrons. The molecule has 3 N–H and O–H groups in total. The van der Waals surface area contributed by atoms with Gasteiger partial charge in [0, 0.05) is 20.2 Å². The predicted molar refractivity (Wildman–Crippen MR) is 70.3 cm³/mol. The summed E-state index contributed by atoms with van der Waals surface area (Å²) in [5.74, 6) is 5.98. The van der Waals surface area contributed by atoms with Crippen molar-refractivity contribution in [3.8, 4) is 0 Å². The molecule has 0 aromatic carbocycles. The van der Waals surface area contributed by atoms with Gasteiger partial charge in [-0.15, -0.1) is 10.2 Å². The maximum atomic E-state index is 12.3. The number of carbonyl (C=O) groups excluding carboxylic acids is 1. The molecule has 1 aromatic rings. The molecule has 7 nitrogen and oxygen atoms in total. The fourth-order valence-corrected chi connectivity index (χ4v) is 2.21. The first kappa shape index (κ1) is 13.7. The molecule has 19 heavy (non-hydrogen) atoms. The quantitative estimate of drug-likeness (QED) is 0.601. The van der Waals surface area contributed by atoms with Crippen molar-refractivity contribution < 1.29 is 9.53 Å². The van der Waals surface area contributed by atoms with Crippen LogP contribution in [0.15, 0.2) is 12.1 Å². The molecular formula is C12H19N5O2. The van der Waals surface area contributed by atoms with E-state index in [-0.39, 0.29) is 12.0 Å². The van der Waals surface area contributed by atoms with Crippen LogP contribution in [0, 0.1) is 5.92 Å². The summed E-state index contributed by atoms with van der Waals surface area (Å²) in [7, 11) is 1.68. The van der Waals surface area contributed by atoms with E-state index in [1.807, 2.05) is 0 Å². The number of carbonyl (C=O) groups is 1. The number of rotatable bonds is 3. The van der Waals surface area contributed by atoms with Gasteiger partial charge in [0.15, 0.2) is 11.5 Å². The largest absolute Gasteiger partial charge is 0.379 e. The highest BCUT2D eigenvalue weighted by Crippen LogP contribution is 2.20. The smallest absolute Gasteiger partial charge is 0.274 e. The topological polar surface area (TPSA) is 93.4 Å². The van der Waals surface area contributed by atoms with E-state index in [0.29, 0.717) is 24.0 Å². The summed E-state index contributed by atoms with van der Waals surface area (Å²) in [6, 6.07) is 3.24. The molecule has 1 saturated heterocycles. The molecule has 1 aliphatic rings.